The highest BCUT2D eigenvalue weighted by atomic mass is 16.6. The molecule has 0 aliphatic carbocycles. The van der Waals surface area contributed by atoms with Crippen LogP contribution in [0.3, 0.4) is 0 Å². The van der Waals surface area contributed by atoms with Crippen LogP contribution in [0.15, 0.2) is 60.7 Å². The highest BCUT2D eigenvalue weighted by Crippen LogP contribution is 2.05. The zero-order valence-corrected chi connectivity index (χ0v) is 21.2. The quantitative estimate of drug-likeness (QED) is 0.139. The molecule has 0 unspecified atom stereocenters. The van der Waals surface area contributed by atoms with Crippen molar-refractivity contribution in [3.05, 3.63) is 71.8 Å². The van der Waals surface area contributed by atoms with Gasteiger partial charge >= 0.3 is 18.2 Å². The fourth-order valence-corrected chi connectivity index (χ4v) is 3.21. The summed E-state index contributed by atoms with van der Waals surface area (Å²) in [6.45, 7) is 1.48. The van der Waals surface area contributed by atoms with Crippen LogP contribution >= 0.6 is 0 Å². The normalized spacial score (nSPS) is 11.8. The van der Waals surface area contributed by atoms with Crippen molar-refractivity contribution in [3.8, 4) is 0 Å². The molecule has 204 valence electrons. The van der Waals surface area contributed by atoms with Crippen LogP contribution in [0.5, 0.6) is 0 Å². The third-order valence-corrected chi connectivity index (χ3v) is 5.24. The summed E-state index contributed by atoms with van der Waals surface area (Å²) in [5.41, 5.74) is 1.65. The van der Waals surface area contributed by atoms with Gasteiger partial charge in [0.1, 0.15) is 31.9 Å². The molecule has 2 aromatic carbocycles. The molecule has 2 atom stereocenters. The van der Waals surface area contributed by atoms with Crippen LogP contribution in [-0.2, 0) is 41.8 Å². The standard InChI is InChI=1S/C27H33N3O8/c1-20(29-27(35)38-19-22-12-6-3-7-13-22)24(32)30-23(25(33)36-17-16-31)14-8-9-15-28-26(34)37-18-21-10-4-2-5-11-21/h2-7,10-13,16,20,23H,8-9,14-15,17-19H2,1H3,(H,28,34)(H,29,35)(H,30,32)/t20-,23-/m0/s1. The number of hydrogen-bond donors (Lipinski definition) is 3. The molecule has 0 radical (unpaired) electrons. The Labute approximate surface area is 221 Å². The first kappa shape index (κ1) is 29.8. The Morgan fingerprint density at radius 1 is 0.789 bits per heavy atom. The van der Waals surface area contributed by atoms with Crippen molar-refractivity contribution in [2.75, 3.05) is 13.2 Å². The lowest BCUT2D eigenvalue weighted by atomic mass is 10.1. The number of benzene rings is 2. The second-order valence-corrected chi connectivity index (χ2v) is 8.27. The number of carbonyl (C=O) groups excluding carboxylic acids is 5. The maximum Gasteiger partial charge on any atom is 0.408 e. The summed E-state index contributed by atoms with van der Waals surface area (Å²) in [6.07, 6.45) is 0.197. The molecule has 0 aromatic heterocycles. The zero-order valence-electron chi connectivity index (χ0n) is 21.2. The summed E-state index contributed by atoms with van der Waals surface area (Å²) in [5, 5.41) is 7.56. The molecule has 0 bridgehead atoms. The summed E-state index contributed by atoms with van der Waals surface area (Å²) in [6, 6.07) is 16.2. The molecule has 11 nitrogen and oxygen atoms in total. The number of ether oxygens (including phenoxy) is 3. The molecule has 0 saturated carbocycles. The number of aldehydes is 1. The molecule has 0 fully saturated rings. The van der Waals surface area contributed by atoms with Gasteiger partial charge in [-0.15, -0.1) is 0 Å². The number of unbranched alkanes of at least 4 members (excludes halogenated alkanes) is 1. The van der Waals surface area contributed by atoms with Crippen LogP contribution < -0.4 is 16.0 Å². The van der Waals surface area contributed by atoms with E-state index >= 15 is 0 Å². The fraction of sp³-hybridized carbons (Fsp3) is 0.370. The van der Waals surface area contributed by atoms with E-state index in [-0.39, 0.29) is 19.6 Å². The van der Waals surface area contributed by atoms with Gasteiger partial charge in [0.05, 0.1) is 0 Å². The molecule has 0 aliphatic heterocycles. The van der Waals surface area contributed by atoms with Gasteiger partial charge in [-0.1, -0.05) is 60.7 Å². The molecular formula is C27H33N3O8. The molecule has 11 heteroatoms. The fourth-order valence-electron chi connectivity index (χ4n) is 3.21. The Hall–Kier alpha value is -4.41. The van der Waals surface area contributed by atoms with Crippen molar-refractivity contribution >= 4 is 30.3 Å². The summed E-state index contributed by atoms with van der Waals surface area (Å²) < 4.78 is 15.1. The van der Waals surface area contributed by atoms with E-state index in [2.05, 4.69) is 16.0 Å². The predicted octanol–water partition coefficient (Wildman–Crippen LogP) is 2.62. The van der Waals surface area contributed by atoms with Gasteiger partial charge in [0.15, 0.2) is 6.29 Å². The average Bonchev–Trinajstić information content (AvgIpc) is 2.93. The largest absolute Gasteiger partial charge is 0.456 e. The number of alkyl carbamates (subject to hydrolysis) is 2. The Morgan fingerprint density at radius 3 is 1.95 bits per heavy atom. The Bertz CT molecular complexity index is 1030. The molecule has 3 amide bonds. The van der Waals surface area contributed by atoms with Gasteiger partial charge in [-0.3, -0.25) is 9.59 Å². The molecule has 2 rings (SSSR count). The lowest BCUT2D eigenvalue weighted by Gasteiger charge is -2.20. The van der Waals surface area contributed by atoms with Crippen molar-refractivity contribution in [2.45, 2.75) is 51.5 Å². The summed E-state index contributed by atoms with van der Waals surface area (Å²) >= 11 is 0. The van der Waals surface area contributed by atoms with E-state index in [1.165, 1.54) is 6.92 Å². The van der Waals surface area contributed by atoms with Crippen LogP contribution in [0, 0.1) is 0 Å². The summed E-state index contributed by atoms with van der Waals surface area (Å²) in [4.78, 5) is 59.4. The summed E-state index contributed by atoms with van der Waals surface area (Å²) in [5.74, 6) is -1.41. The number of esters is 1. The first-order valence-corrected chi connectivity index (χ1v) is 12.2. The SMILES string of the molecule is C[C@H](NC(=O)OCc1ccccc1)C(=O)N[C@@H](CCCCNC(=O)OCc1ccccc1)C(=O)OCC=O. The van der Waals surface area contributed by atoms with Crippen molar-refractivity contribution < 1.29 is 38.2 Å². The smallest absolute Gasteiger partial charge is 0.408 e. The maximum absolute atomic E-state index is 12.6. The predicted molar refractivity (Wildman–Crippen MR) is 137 cm³/mol. The number of rotatable bonds is 15. The van der Waals surface area contributed by atoms with Crippen molar-refractivity contribution in [1.29, 1.82) is 0 Å². The van der Waals surface area contributed by atoms with Crippen molar-refractivity contribution in [1.82, 2.24) is 16.0 Å². The topological polar surface area (TPSA) is 149 Å². The minimum Gasteiger partial charge on any atom is -0.456 e. The van der Waals surface area contributed by atoms with Crippen LogP contribution in [0.2, 0.25) is 0 Å². The van der Waals surface area contributed by atoms with Gasteiger partial charge in [-0.05, 0) is 37.3 Å². The van der Waals surface area contributed by atoms with E-state index in [1.54, 1.807) is 12.1 Å². The molecule has 3 N–H and O–H groups in total. The van der Waals surface area contributed by atoms with Crippen LogP contribution in [-0.4, -0.2) is 55.6 Å². The lowest BCUT2D eigenvalue weighted by Crippen LogP contribution is -2.50. The van der Waals surface area contributed by atoms with Crippen molar-refractivity contribution in [2.24, 2.45) is 0 Å². The molecule has 0 heterocycles. The van der Waals surface area contributed by atoms with Gasteiger partial charge in [0.2, 0.25) is 5.91 Å². The van der Waals surface area contributed by atoms with Gasteiger partial charge in [-0.25, -0.2) is 14.4 Å². The molecule has 0 saturated heterocycles. The zero-order chi connectivity index (χ0) is 27.6. The van der Waals surface area contributed by atoms with E-state index in [9.17, 15) is 24.0 Å². The van der Waals surface area contributed by atoms with Crippen LogP contribution in [0.4, 0.5) is 9.59 Å². The number of nitrogens with one attached hydrogen (secondary N) is 3. The van der Waals surface area contributed by atoms with E-state index in [0.717, 1.165) is 11.1 Å². The van der Waals surface area contributed by atoms with Gasteiger partial charge < -0.3 is 30.2 Å². The Morgan fingerprint density at radius 2 is 1.37 bits per heavy atom. The van der Waals surface area contributed by atoms with Crippen molar-refractivity contribution in [3.63, 3.8) is 0 Å². The van der Waals surface area contributed by atoms with Gasteiger partial charge in [0, 0.05) is 6.54 Å². The second kappa shape index (κ2) is 17.1. The molecule has 38 heavy (non-hydrogen) atoms. The molecular weight excluding hydrogens is 494 g/mol. The van der Waals surface area contributed by atoms with Crippen LogP contribution in [0.1, 0.15) is 37.3 Å². The minimum atomic E-state index is -1.04. The van der Waals surface area contributed by atoms with Gasteiger partial charge in [0.25, 0.3) is 0 Å². The molecule has 0 aliphatic rings. The van der Waals surface area contributed by atoms with Gasteiger partial charge in [-0.2, -0.15) is 0 Å². The average molecular weight is 528 g/mol. The van der Waals surface area contributed by atoms with E-state index in [1.807, 2.05) is 48.5 Å². The maximum atomic E-state index is 12.6. The third-order valence-electron chi connectivity index (χ3n) is 5.24. The first-order valence-electron chi connectivity index (χ1n) is 12.2. The Kier molecular flexibility index (Phi) is 13.4. The first-order chi connectivity index (χ1) is 18.4. The van der Waals surface area contributed by atoms with E-state index in [0.29, 0.717) is 25.7 Å². The number of amides is 3. The molecule has 2 aromatic rings. The minimum absolute atomic E-state index is 0.0372. The Balaban J connectivity index is 1.73. The molecule has 0 spiro atoms. The highest BCUT2D eigenvalue weighted by molar-refractivity contribution is 5.89. The lowest BCUT2D eigenvalue weighted by molar-refractivity contribution is -0.149. The number of hydrogen-bond acceptors (Lipinski definition) is 8. The third kappa shape index (κ3) is 12.0. The second-order valence-electron chi connectivity index (χ2n) is 8.27. The van der Waals surface area contributed by atoms with E-state index < -0.39 is 42.8 Å². The van der Waals surface area contributed by atoms with Crippen LogP contribution in [0.25, 0.3) is 0 Å². The monoisotopic (exact) mass is 527 g/mol. The summed E-state index contributed by atoms with van der Waals surface area (Å²) in [7, 11) is 0. The number of carbonyl (C=O) groups is 5. The van der Waals surface area contributed by atoms with E-state index in [4.69, 9.17) is 14.2 Å². The highest BCUT2D eigenvalue weighted by Gasteiger charge is 2.25.